The van der Waals surface area contributed by atoms with E-state index in [1.165, 1.54) is 0 Å². The summed E-state index contributed by atoms with van der Waals surface area (Å²) in [4.78, 5) is 4.51. The molecule has 170 valence electrons. The molecule has 0 aliphatic carbocycles. The Kier molecular flexibility index (Phi) is 11.6. The Morgan fingerprint density at radius 3 is 2.60 bits per heavy atom. The summed E-state index contributed by atoms with van der Waals surface area (Å²) in [7, 11) is 0. The van der Waals surface area contributed by atoms with Crippen LogP contribution in [0.5, 0.6) is 5.75 Å². The summed E-state index contributed by atoms with van der Waals surface area (Å²) < 4.78 is 16.8. The van der Waals surface area contributed by atoms with E-state index in [0.717, 1.165) is 70.1 Å². The molecule has 1 aromatic carbocycles. The van der Waals surface area contributed by atoms with Gasteiger partial charge >= 0.3 is 0 Å². The van der Waals surface area contributed by atoms with E-state index in [1.54, 1.807) is 0 Å². The normalized spacial score (nSPS) is 16.5. The van der Waals surface area contributed by atoms with Crippen LogP contribution < -0.4 is 15.4 Å². The number of nitrogens with one attached hydrogen (secondary N) is 2. The van der Waals surface area contributed by atoms with Crippen molar-refractivity contribution < 1.29 is 19.3 Å². The molecule has 3 N–H and O–H groups in total. The molecule has 0 amide bonds. The SMILES string of the molecule is CCNC(=NCC(O)c1ccc(OC(C)C)cc1)NCCCOCC1CCOCC1. The van der Waals surface area contributed by atoms with Crippen molar-refractivity contribution in [3.05, 3.63) is 29.8 Å². The second-order valence-electron chi connectivity index (χ2n) is 7.88. The van der Waals surface area contributed by atoms with E-state index in [2.05, 4.69) is 15.6 Å². The van der Waals surface area contributed by atoms with Gasteiger partial charge in [-0.15, -0.1) is 0 Å². The molecule has 7 heteroatoms. The van der Waals surface area contributed by atoms with Crippen LogP contribution in [-0.2, 0) is 9.47 Å². The summed E-state index contributed by atoms with van der Waals surface area (Å²) >= 11 is 0. The minimum atomic E-state index is -0.656. The van der Waals surface area contributed by atoms with Gasteiger partial charge in [-0.3, -0.25) is 4.99 Å². The largest absolute Gasteiger partial charge is 0.491 e. The Bertz CT molecular complexity index is 601. The van der Waals surface area contributed by atoms with Gasteiger partial charge in [0, 0.05) is 39.5 Å². The average Bonchev–Trinajstić information content (AvgIpc) is 2.75. The number of benzene rings is 1. The first-order chi connectivity index (χ1) is 14.6. The maximum absolute atomic E-state index is 10.4. The fourth-order valence-corrected chi connectivity index (χ4v) is 3.21. The van der Waals surface area contributed by atoms with E-state index in [4.69, 9.17) is 14.2 Å². The highest BCUT2D eigenvalue weighted by atomic mass is 16.5. The van der Waals surface area contributed by atoms with Gasteiger partial charge in [-0.1, -0.05) is 12.1 Å². The number of ether oxygens (including phenoxy) is 3. The van der Waals surface area contributed by atoms with Crippen molar-refractivity contribution in [2.24, 2.45) is 10.9 Å². The Hall–Kier alpha value is -1.83. The Balaban J connectivity index is 1.68. The molecule has 2 rings (SSSR count). The maximum Gasteiger partial charge on any atom is 0.191 e. The second kappa shape index (κ2) is 14.2. The predicted octanol–water partition coefficient (Wildman–Crippen LogP) is 2.90. The molecular weight excluding hydrogens is 382 g/mol. The van der Waals surface area contributed by atoms with E-state index >= 15 is 0 Å². The van der Waals surface area contributed by atoms with Crippen molar-refractivity contribution in [2.45, 2.75) is 52.2 Å². The second-order valence-corrected chi connectivity index (χ2v) is 7.88. The van der Waals surface area contributed by atoms with Gasteiger partial charge in [0.15, 0.2) is 5.96 Å². The van der Waals surface area contributed by atoms with Gasteiger partial charge < -0.3 is 30.0 Å². The van der Waals surface area contributed by atoms with E-state index < -0.39 is 6.10 Å². The van der Waals surface area contributed by atoms with Crippen molar-refractivity contribution in [3.8, 4) is 5.75 Å². The van der Waals surface area contributed by atoms with Crippen LogP contribution in [0.3, 0.4) is 0 Å². The number of hydrogen-bond acceptors (Lipinski definition) is 5. The molecule has 1 atom stereocenters. The van der Waals surface area contributed by atoms with E-state index in [0.29, 0.717) is 18.4 Å². The van der Waals surface area contributed by atoms with E-state index in [1.807, 2.05) is 45.0 Å². The molecule has 0 spiro atoms. The van der Waals surface area contributed by atoms with Crippen LogP contribution in [0.2, 0.25) is 0 Å². The van der Waals surface area contributed by atoms with Gasteiger partial charge in [0.2, 0.25) is 0 Å². The molecule has 1 aromatic rings. The zero-order valence-electron chi connectivity index (χ0n) is 18.7. The third kappa shape index (κ3) is 9.78. The third-order valence-corrected chi connectivity index (χ3v) is 4.86. The molecule has 1 saturated heterocycles. The quantitative estimate of drug-likeness (QED) is 0.273. The Morgan fingerprint density at radius 1 is 1.20 bits per heavy atom. The van der Waals surface area contributed by atoms with Crippen LogP contribution in [0.1, 0.15) is 51.7 Å². The lowest BCUT2D eigenvalue weighted by molar-refractivity contribution is 0.0203. The van der Waals surface area contributed by atoms with Crippen molar-refractivity contribution in [3.63, 3.8) is 0 Å². The van der Waals surface area contributed by atoms with Gasteiger partial charge in [-0.25, -0.2) is 0 Å². The lowest BCUT2D eigenvalue weighted by Gasteiger charge is -2.21. The molecule has 1 aliphatic rings. The number of hydrogen-bond donors (Lipinski definition) is 3. The molecule has 0 radical (unpaired) electrons. The van der Waals surface area contributed by atoms with E-state index in [-0.39, 0.29) is 6.10 Å². The lowest BCUT2D eigenvalue weighted by atomic mass is 10.0. The van der Waals surface area contributed by atoms with Gasteiger partial charge in [0.1, 0.15) is 5.75 Å². The standard InChI is InChI=1S/C23H39N3O4/c1-4-24-23(25-12-5-13-29-17-19-10-14-28-15-11-19)26-16-22(27)20-6-8-21(9-7-20)30-18(2)3/h6-9,18-19,22,27H,4-5,10-17H2,1-3H3,(H2,24,25,26). The number of aliphatic hydroxyl groups excluding tert-OH is 1. The van der Waals surface area contributed by atoms with Gasteiger partial charge in [0.25, 0.3) is 0 Å². The molecule has 1 heterocycles. The van der Waals surface area contributed by atoms with E-state index in [9.17, 15) is 5.11 Å². The van der Waals surface area contributed by atoms with Crippen molar-refractivity contribution in [2.75, 3.05) is 46.1 Å². The van der Waals surface area contributed by atoms with Crippen molar-refractivity contribution in [1.29, 1.82) is 0 Å². The fraction of sp³-hybridized carbons (Fsp3) is 0.696. The maximum atomic E-state index is 10.4. The molecule has 1 aliphatic heterocycles. The molecule has 7 nitrogen and oxygen atoms in total. The number of nitrogens with zero attached hydrogens (tertiary/aromatic N) is 1. The average molecular weight is 422 g/mol. The zero-order valence-corrected chi connectivity index (χ0v) is 18.7. The van der Waals surface area contributed by atoms with Crippen LogP contribution in [0.4, 0.5) is 0 Å². The summed E-state index contributed by atoms with van der Waals surface area (Å²) in [6.45, 7) is 11.1. The highest BCUT2D eigenvalue weighted by Gasteiger charge is 2.13. The van der Waals surface area contributed by atoms with Crippen LogP contribution in [-0.4, -0.2) is 63.2 Å². The fourth-order valence-electron chi connectivity index (χ4n) is 3.21. The van der Waals surface area contributed by atoms with Crippen LogP contribution in [0.15, 0.2) is 29.3 Å². The molecule has 0 bridgehead atoms. The molecule has 0 aromatic heterocycles. The predicted molar refractivity (Wildman–Crippen MR) is 120 cm³/mol. The monoisotopic (exact) mass is 421 g/mol. The number of aliphatic hydroxyl groups is 1. The summed E-state index contributed by atoms with van der Waals surface area (Å²) in [6.07, 6.45) is 2.59. The summed E-state index contributed by atoms with van der Waals surface area (Å²) in [5, 5.41) is 17.0. The lowest BCUT2D eigenvalue weighted by Crippen LogP contribution is -2.38. The van der Waals surface area contributed by atoms with Crippen LogP contribution >= 0.6 is 0 Å². The smallest absolute Gasteiger partial charge is 0.191 e. The number of guanidine groups is 1. The minimum absolute atomic E-state index is 0.131. The van der Waals surface area contributed by atoms with Gasteiger partial charge in [0.05, 0.1) is 18.8 Å². The summed E-state index contributed by atoms with van der Waals surface area (Å²) in [5.41, 5.74) is 0.826. The Labute approximate surface area is 181 Å². The molecule has 0 saturated carbocycles. The highest BCUT2D eigenvalue weighted by Crippen LogP contribution is 2.19. The first-order valence-corrected chi connectivity index (χ1v) is 11.2. The first kappa shape index (κ1) is 24.4. The Morgan fingerprint density at radius 2 is 1.93 bits per heavy atom. The highest BCUT2D eigenvalue weighted by molar-refractivity contribution is 5.79. The van der Waals surface area contributed by atoms with Crippen molar-refractivity contribution >= 4 is 5.96 Å². The third-order valence-electron chi connectivity index (χ3n) is 4.86. The summed E-state index contributed by atoms with van der Waals surface area (Å²) in [6, 6.07) is 7.53. The number of aliphatic imine (C=N–C) groups is 1. The van der Waals surface area contributed by atoms with Gasteiger partial charge in [-0.2, -0.15) is 0 Å². The first-order valence-electron chi connectivity index (χ1n) is 11.2. The summed E-state index contributed by atoms with van der Waals surface area (Å²) in [5.74, 6) is 2.15. The molecule has 1 fully saturated rings. The topological polar surface area (TPSA) is 84.3 Å². The van der Waals surface area contributed by atoms with Gasteiger partial charge in [-0.05, 0) is 63.6 Å². The van der Waals surface area contributed by atoms with Crippen molar-refractivity contribution in [1.82, 2.24) is 10.6 Å². The number of rotatable bonds is 12. The van der Waals surface area contributed by atoms with Crippen LogP contribution in [0.25, 0.3) is 0 Å². The van der Waals surface area contributed by atoms with Crippen LogP contribution in [0, 0.1) is 5.92 Å². The molecule has 1 unspecified atom stereocenters. The minimum Gasteiger partial charge on any atom is -0.491 e. The zero-order chi connectivity index (χ0) is 21.6. The molecule has 30 heavy (non-hydrogen) atoms. The molecular formula is C23H39N3O4.